The molecular weight excluding hydrogens is 401 g/mol. The van der Waals surface area contributed by atoms with Crippen LogP contribution in [0.3, 0.4) is 0 Å². The van der Waals surface area contributed by atoms with Crippen molar-refractivity contribution in [1.82, 2.24) is 10.6 Å². The minimum absolute atomic E-state index is 0. The fraction of sp³-hybridized carbons (Fsp3) is 0.611. The first-order chi connectivity index (χ1) is 10.6. The van der Waals surface area contributed by atoms with Gasteiger partial charge in [-0.15, -0.1) is 24.0 Å². The number of hydrogen-bond donors (Lipinski definition) is 3. The van der Waals surface area contributed by atoms with Crippen molar-refractivity contribution in [1.29, 1.82) is 0 Å². The predicted molar refractivity (Wildman–Crippen MR) is 108 cm³/mol. The highest BCUT2D eigenvalue weighted by molar-refractivity contribution is 14.0. The Morgan fingerprint density at radius 2 is 1.91 bits per heavy atom. The van der Waals surface area contributed by atoms with E-state index in [2.05, 4.69) is 60.7 Å². The molecule has 0 bridgehead atoms. The first-order valence-corrected chi connectivity index (χ1v) is 8.42. The van der Waals surface area contributed by atoms with E-state index in [0.29, 0.717) is 6.54 Å². The van der Waals surface area contributed by atoms with E-state index in [1.54, 1.807) is 0 Å². The molecule has 23 heavy (non-hydrogen) atoms. The summed E-state index contributed by atoms with van der Waals surface area (Å²) in [5.74, 6) is 0.773. The SMILES string of the molecule is CCNC(=NCC1(O)CCC1)NC(C)c1ccc(CC)cc1.I. The highest BCUT2D eigenvalue weighted by atomic mass is 127. The van der Waals surface area contributed by atoms with Crippen LogP contribution in [0.25, 0.3) is 0 Å². The Bertz CT molecular complexity index is 497. The normalized spacial score (nSPS) is 17.7. The molecule has 1 atom stereocenters. The van der Waals surface area contributed by atoms with E-state index in [1.165, 1.54) is 11.1 Å². The number of nitrogens with zero attached hydrogens (tertiary/aromatic N) is 1. The van der Waals surface area contributed by atoms with Gasteiger partial charge in [0.1, 0.15) is 0 Å². The summed E-state index contributed by atoms with van der Waals surface area (Å²) in [6, 6.07) is 8.86. The van der Waals surface area contributed by atoms with Crippen molar-refractivity contribution < 1.29 is 5.11 Å². The summed E-state index contributed by atoms with van der Waals surface area (Å²) < 4.78 is 0. The van der Waals surface area contributed by atoms with Crippen molar-refractivity contribution in [2.45, 2.75) is 58.1 Å². The summed E-state index contributed by atoms with van der Waals surface area (Å²) in [4.78, 5) is 4.55. The molecule has 0 aromatic heterocycles. The van der Waals surface area contributed by atoms with Crippen molar-refractivity contribution in [3.63, 3.8) is 0 Å². The van der Waals surface area contributed by atoms with Crippen LogP contribution in [0.5, 0.6) is 0 Å². The van der Waals surface area contributed by atoms with Crippen molar-refractivity contribution in [3.8, 4) is 0 Å². The van der Waals surface area contributed by atoms with E-state index < -0.39 is 5.60 Å². The van der Waals surface area contributed by atoms with E-state index in [1.807, 2.05) is 0 Å². The molecule has 5 heteroatoms. The number of nitrogens with one attached hydrogen (secondary N) is 2. The quantitative estimate of drug-likeness (QED) is 0.368. The van der Waals surface area contributed by atoms with Gasteiger partial charge in [0, 0.05) is 6.54 Å². The fourth-order valence-electron chi connectivity index (χ4n) is 2.62. The van der Waals surface area contributed by atoms with Gasteiger partial charge in [-0.25, -0.2) is 0 Å². The molecule has 0 radical (unpaired) electrons. The van der Waals surface area contributed by atoms with Crippen molar-refractivity contribution in [3.05, 3.63) is 35.4 Å². The maximum Gasteiger partial charge on any atom is 0.191 e. The first-order valence-electron chi connectivity index (χ1n) is 8.42. The number of aliphatic imine (C=N–C) groups is 1. The molecule has 4 nitrogen and oxygen atoms in total. The number of rotatable bonds is 6. The monoisotopic (exact) mass is 431 g/mol. The van der Waals surface area contributed by atoms with Crippen LogP contribution >= 0.6 is 24.0 Å². The number of benzene rings is 1. The number of guanidine groups is 1. The zero-order valence-electron chi connectivity index (χ0n) is 14.4. The minimum atomic E-state index is -0.575. The molecule has 2 rings (SSSR count). The van der Waals surface area contributed by atoms with Crippen LogP contribution in [0.2, 0.25) is 0 Å². The third-order valence-electron chi connectivity index (χ3n) is 4.40. The Morgan fingerprint density at radius 1 is 1.26 bits per heavy atom. The van der Waals surface area contributed by atoms with E-state index in [4.69, 9.17) is 0 Å². The summed E-state index contributed by atoms with van der Waals surface area (Å²) in [5.41, 5.74) is 2.02. The van der Waals surface area contributed by atoms with E-state index in [-0.39, 0.29) is 30.0 Å². The minimum Gasteiger partial charge on any atom is -0.388 e. The lowest BCUT2D eigenvalue weighted by Crippen LogP contribution is -2.43. The summed E-state index contributed by atoms with van der Waals surface area (Å²) in [6.07, 6.45) is 3.90. The zero-order valence-corrected chi connectivity index (χ0v) is 16.8. The second-order valence-corrected chi connectivity index (χ2v) is 6.23. The first kappa shape index (κ1) is 20.2. The number of hydrogen-bond acceptors (Lipinski definition) is 2. The molecule has 0 saturated heterocycles. The van der Waals surface area contributed by atoms with Crippen LogP contribution in [-0.2, 0) is 6.42 Å². The molecule has 1 aliphatic rings. The molecule has 1 saturated carbocycles. The predicted octanol–water partition coefficient (Wildman–Crippen LogP) is 3.40. The molecule has 1 fully saturated rings. The van der Waals surface area contributed by atoms with Gasteiger partial charge in [0.25, 0.3) is 0 Å². The average Bonchev–Trinajstić information content (AvgIpc) is 2.51. The number of halogens is 1. The maximum atomic E-state index is 10.2. The van der Waals surface area contributed by atoms with Crippen molar-refractivity contribution >= 4 is 29.9 Å². The lowest BCUT2D eigenvalue weighted by molar-refractivity contribution is -0.0236. The summed E-state index contributed by atoms with van der Waals surface area (Å²) in [5, 5.41) is 16.8. The van der Waals surface area contributed by atoms with Crippen LogP contribution in [-0.4, -0.2) is 29.8 Å². The van der Waals surface area contributed by atoms with Crippen LogP contribution in [0.15, 0.2) is 29.3 Å². The maximum absolute atomic E-state index is 10.2. The van der Waals surface area contributed by atoms with Crippen LogP contribution in [0, 0.1) is 0 Å². The van der Waals surface area contributed by atoms with E-state index >= 15 is 0 Å². The highest BCUT2D eigenvalue weighted by Crippen LogP contribution is 2.31. The van der Waals surface area contributed by atoms with Gasteiger partial charge in [0.15, 0.2) is 5.96 Å². The van der Waals surface area contributed by atoms with Crippen LogP contribution in [0.4, 0.5) is 0 Å². The molecule has 0 aliphatic heterocycles. The standard InChI is InChI=1S/C18H29N3O.HI/c1-4-15-7-9-16(10-8-15)14(3)21-17(19-5-2)20-13-18(22)11-6-12-18;/h7-10,14,22H,4-6,11-13H2,1-3H3,(H2,19,20,21);1H. The third-order valence-corrected chi connectivity index (χ3v) is 4.40. The van der Waals surface area contributed by atoms with E-state index in [0.717, 1.165) is 38.2 Å². The zero-order chi connectivity index (χ0) is 16.0. The summed E-state index contributed by atoms with van der Waals surface area (Å²) >= 11 is 0. The van der Waals surface area contributed by atoms with Gasteiger partial charge in [0.2, 0.25) is 0 Å². The molecule has 0 heterocycles. The highest BCUT2D eigenvalue weighted by Gasteiger charge is 2.34. The Morgan fingerprint density at radius 3 is 2.39 bits per heavy atom. The molecule has 1 unspecified atom stereocenters. The van der Waals surface area contributed by atoms with Crippen molar-refractivity contribution in [2.75, 3.05) is 13.1 Å². The smallest absolute Gasteiger partial charge is 0.191 e. The Balaban J connectivity index is 0.00000264. The summed E-state index contributed by atoms with van der Waals surface area (Å²) in [6.45, 7) is 7.63. The van der Waals surface area contributed by atoms with Gasteiger partial charge in [-0.2, -0.15) is 0 Å². The molecule has 130 valence electrons. The molecule has 0 amide bonds. The third kappa shape index (κ3) is 5.95. The Labute approximate surface area is 157 Å². The van der Waals surface area contributed by atoms with Gasteiger partial charge in [-0.1, -0.05) is 31.2 Å². The van der Waals surface area contributed by atoms with Gasteiger partial charge in [-0.3, -0.25) is 4.99 Å². The summed E-state index contributed by atoms with van der Waals surface area (Å²) in [7, 11) is 0. The number of aliphatic hydroxyl groups is 1. The average molecular weight is 431 g/mol. The topological polar surface area (TPSA) is 56.7 Å². The fourth-order valence-corrected chi connectivity index (χ4v) is 2.62. The lowest BCUT2D eigenvalue weighted by atomic mass is 9.80. The molecule has 0 spiro atoms. The molecule has 1 aromatic rings. The molecule has 1 aromatic carbocycles. The molecule has 1 aliphatic carbocycles. The molecular formula is C18H30IN3O. The van der Waals surface area contributed by atoms with Gasteiger partial charge < -0.3 is 15.7 Å². The molecule has 3 N–H and O–H groups in total. The van der Waals surface area contributed by atoms with Crippen molar-refractivity contribution in [2.24, 2.45) is 4.99 Å². The van der Waals surface area contributed by atoms with Gasteiger partial charge >= 0.3 is 0 Å². The second kappa shape index (κ2) is 9.47. The Kier molecular flexibility index (Phi) is 8.33. The second-order valence-electron chi connectivity index (χ2n) is 6.23. The number of aryl methyl sites for hydroxylation is 1. The van der Waals surface area contributed by atoms with Crippen LogP contribution < -0.4 is 10.6 Å². The lowest BCUT2D eigenvalue weighted by Gasteiger charge is -2.35. The largest absolute Gasteiger partial charge is 0.388 e. The Hall–Kier alpha value is -0.820. The van der Waals surface area contributed by atoms with E-state index in [9.17, 15) is 5.11 Å². The van der Waals surface area contributed by atoms with Gasteiger partial charge in [0.05, 0.1) is 18.2 Å². The van der Waals surface area contributed by atoms with Crippen LogP contribution in [0.1, 0.15) is 57.2 Å². The van der Waals surface area contributed by atoms with Gasteiger partial charge in [-0.05, 0) is 50.7 Å².